The fourth-order valence-corrected chi connectivity index (χ4v) is 2.21. The molecule has 0 bridgehead atoms. The number of ether oxygens (including phenoxy) is 2. The molecule has 0 aromatic carbocycles. The molecule has 2 aliphatic rings. The van der Waals surface area contributed by atoms with Crippen molar-refractivity contribution in [3.8, 4) is 0 Å². The van der Waals surface area contributed by atoms with Crippen LogP contribution in [0.4, 0.5) is 0 Å². The summed E-state index contributed by atoms with van der Waals surface area (Å²) in [6, 6.07) is 0. The molecular weight excluding hydrogens is 224 g/mol. The van der Waals surface area contributed by atoms with Gasteiger partial charge in [-0.15, -0.1) is 11.6 Å². The summed E-state index contributed by atoms with van der Waals surface area (Å²) < 4.78 is 11.6. The van der Waals surface area contributed by atoms with Crippen LogP contribution in [-0.2, 0) is 9.47 Å². The maximum atomic E-state index is 5.98. The molecule has 90 valence electrons. The Morgan fingerprint density at radius 3 is 2.56 bits per heavy atom. The highest BCUT2D eigenvalue weighted by atomic mass is 35.5. The number of alkyl halides is 1. The van der Waals surface area contributed by atoms with E-state index in [0.29, 0.717) is 5.88 Å². The monoisotopic (exact) mass is 242 g/mol. The average Bonchev–Trinajstić information content (AvgIpc) is 2.50. The maximum absolute atomic E-state index is 5.98. The van der Waals surface area contributed by atoms with Gasteiger partial charge < -0.3 is 9.47 Å². The first kappa shape index (κ1) is 12.2. The Balaban J connectivity index is 2.20. The Morgan fingerprint density at radius 2 is 1.94 bits per heavy atom. The fraction of sp³-hybridized carbons (Fsp3) is 0.692. The molecule has 0 unspecified atom stereocenters. The topological polar surface area (TPSA) is 18.5 Å². The number of hydrogen-bond donors (Lipinski definition) is 0. The van der Waals surface area contributed by atoms with Crippen LogP contribution in [0.15, 0.2) is 23.8 Å². The summed E-state index contributed by atoms with van der Waals surface area (Å²) in [7, 11) is 0. The first-order valence-electron chi connectivity index (χ1n) is 5.66. The van der Waals surface area contributed by atoms with Gasteiger partial charge in [0.25, 0.3) is 0 Å². The zero-order valence-electron chi connectivity index (χ0n) is 10.3. The highest BCUT2D eigenvalue weighted by molar-refractivity contribution is 6.18. The third kappa shape index (κ3) is 2.20. The van der Waals surface area contributed by atoms with Crippen LogP contribution in [0.25, 0.3) is 0 Å². The van der Waals surface area contributed by atoms with Crippen molar-refractivity contribution in [2.45, 2.75) is 45.7 Å². The van der Waals surface area contributed by atoms with Crippen LogP contribution in [-0.4, -0.2) is 23.9 Å². The minimum Gasteiger partial charge on any atom is -0.340 e. The summed E-state index contributed by atoms with van der Waals surface area (Å²) in [6.45, 7) is 8.16. The lowest BCUT2D eigenvalue weighted by Gasteiger charge is -2.27. The van der Waals surface area contributed by atoms with Gasteiger partial charge in [0.15, 0.2) is 5.79 Å². The van der Waals surface area contributed by atoms with E-state index in [1.165, 1.54) is 5.57 Å². The van der Waals surface area contributed by atoms with E-state index in [-0.39, 0.29) is 17.6 Å². The van der Waals surface area contributed by atoms with Crippen LogP contribution in [0.2, 0.25) is 0 Å². The van der Waals surface area contributed by atoms with Gasteiger partial charge in [-0.25, -0.2) is 0 Å². The molecule has 1 heterocycles. The van der Waals surface area contributed by atoms with Crippen LogP contribution in [0.5, 0.6) is 0 Å². The highest BCUT2D eigenvalue weighted by Crippen LogP contribution is 2.37. The van der Waals surface area contributed by atoms with Gasteiger partial charge in [0, 0.05) is 11.3 Å². The molecule has 0 aromatic heterocycles. The van der Waals surface area contributed by atoms with Crippen molar-refractivity contribution in [1.82, 2.24) is 0 Å². The minimum absolute atomic E-state index is 0.0148. The maximum Gasteiger partial charge on any atom is 0.164 e. The first-order chi connectivity index (χ1) is 7.34. The molecule has 0 aromatic rings. The van der Waals surface area contributed by atoms with Gasteiger partial charge in [-0.3, -0.25) is 0 Å². The van der Waals surface area contributed by atoms with Crippen molar-refractivity contribution < 1.29 is 9.47 Å². The lowest BCUT2D eigenvalue weighted by Crippen LogP contribution is -2.26. The Hall–Kier alpha value is -0.310. The summed E-state index contributed by atoms with van der Waals surface area (Å²) in [6.07, 6.45) is 6.39. The second-order valence-electron chi connectivity index (χ2n) is 5.56. The van der Waals surface area contributed by atoms with Crippen molar-refractivity contribution in [2.24, 2.45) is 5.41 Å². The van der Waals surface area contributed by atoms with Crippen molar-refractivity contribution >= 4 is 11.6 Å². The molecular formula is C13H19ClO2. The molecule has 1 fully saturated rings. The lowest BCUT2D eigenvalue weighted by atomic mass is 9.82. The summed E-state index contributed by atoms with van der Waals surface area (Å²) in [4.78, 5) is 0. The summed E-state index contributed by atoms with van der Waals surface area (Å²) in [5.74, 6) is 0.113. The predicted octanol–water partition coefficient (Wildman–Crippen LogP) is 3.27. The smallest absolute Gasteiger partial charge is 0.164 e. The van der Waals surface area contributed by atoms with E-state index in [4.69, 9.17) is 21.1 Å². The van der Waals surface area contributed by atoms with Gasteiger partial charge in [0.1, 0.15) is 12.2 Å². The lowest BCUT2D eigenvalue weighted by molar-refractivity contribution is -0.138. The molecule has 0 N–H and O–H groups in total. The third-order valence-electron chi connectivity index (χ3n) is 3.09. The van der Waals surface area contributed by atoms with Crippen LogP contribution in [0.3, 0.4) is 0 Å². The summed E-state index contributed by atoms with van der Waals surface area (Å²) in [5.41, 5.74) is 1.21. The molecule has 1 saturated heterocycles. The molecule has 1 aliphatic heterocycles. The van der Waals surface area contributed by atoms with Crippen LogP contribution in [0.1, 0.15) is 27.7 Å². The molecule has 0 spiro atoms. The number of rotatable bonds is 2. The van der Waals surface area contributed by atoms with Gasteiger partial charge in [-0.1, -0.05) is 26.0 Å². The fourth-order valence-electron chi connectivity index (χ4n) is 2.05. The Morgan fingerprint density at radius 1 is 1.31 bits per heavy atom. The second kappa shape index (κ2) is 3.86. The van der Waals surface area contributed by atoms with Gasteiger partial charge in [0.05, 0.1) is 0 Å². The van der Waals surface area contributed by atoms with E-state index in [2.05, 4.69) is 32.1 Å². The van der Waals surface area contributed by atoms with E-state index < -0.39 is 5.79 Å². The van der Waals surface area contributed by atoms with Crippen molar-refractivity contribution in [2.75, 3.05) is 5.88 Å². The van der Waals surface area contributed by atoms with E-state index >= 15 is 0 Å². The van der Waals surface area contributed by atoms with Crippen LogP contribution in [0, 0.1) is 5.41 Å². The largest absolute Gasteiger partial charge is 0.340 e. The number of allylic oxidation sites excluding steroid dienone is 2. The van der Waals surface area contributed by atoms with Gasteiger partial charge >= 0.3 is 0 Å². The molecule has 3 heteroatoms. The molecule has 2 atom stereocenters. The molecule has 0 amide bonds. The number of hydrogen-bond acceptors (Lipinski definition) is 2. The number of fused-ring (bicyclic) bond motifs is 1. The highest BCUT2D eigenvalue weighted by Gasteiger charge is 2.41. The van der Waals surface area contributed by atoms with Crippen LogP contribution >= 0.6 is 11.6 Å². The quantitative estimate of drug-likeness (QED) is 0.692. The zero-order chi connectivity index (χ0) is 12.0. The Labute approximate surface area is 102 Å². The van der Waals surface area contributed by atoms with E-state index in [1.807, 2.05) is 13.8 Å². The molecule has 2 rings (SSSR count). The predicted molar refractivity (Wildman–Crippen MR) is 65.5 cm³/mol. The first-order valence-corrected chi connectivity index (χ1v) is 6.20. The van der Waals surface area contributed by atoms with Crippen molar-refractivity contribution in [3.05, 3.63) is 23.8 Å². The van der Waals surface area contributed by atoms with E-state index in [1.54, 1.807) is 0 Å². The molecule has 2 nitrogen and oxygen atoms in total. The van der Waals surface area contributed by atoms with E-state index in [0.717, 1.165) is 0 Å². The van der Waals surface area contributed by atoms with E-state index in [9.17, 15) is 0 Å². The standard InChI is InChI=1S/C13H19ClO2/c1-12(2,8-14)9-5-6-10-11(7-9)16-13(3,4)15-10/h5-7,10-11H,8H2,1-4H3/t10-,11+/m0/s1. The zero-order valence-corrected chi connectivity index (χ0v) is 11.0. The van der Waals surface area contributed by atoms with Gasteiger partial charge in [-0.05, 0) is 25.5 Å². The van der Waals surface area contributed by atoms with Crippen LogP contribution < -0.4 is 0 Å². The number of halogens is 1. The van der Waals surface area contributed by atoms with Crippen molar-refractivity contribution in [3.63, 3.8) is 0 Å². The Kier molecular flexibility index (Phi) is 2.94. The van der Waals surface area contributed by atoms with Gasteiger partial charge in [0.2, 0.25) is 0 Å². The van der Waals surface area contributed by atoms with Crippen molar-refractivity contribution in [1.29, 1.82) is 0 Å². The average molecular weight is 243 g/mol. The summed E-state index contributed by atoms with van der Waals surface area (Å²) >= 11 is 5.98. The molecule has 1 aliphatic carbocycles. The minimum atomic E-state index is -0.489. The molecule has 0 radical (unpaired) electrons. The molecule has 16 heavy (non-hydrogen) atoms. The van der Waals surface area contributed by atoms with Gasteiger partial charge in [-0.2, -0.15) is 0 Å². The third-order valence-corrected chi connectivity index (χ3v) is 3.76. The SMILES string of the molecule is CC1(C)O[C@H]2C=CC(C(C)(C)CCl)=C[C@H]2O1. The second-order valence-corrected chi connectivity index (χ2v) is 5.83. The summed E-state index contributed by atoms with van der Waals surface area (Å²) in [5, 5.41) is 0. The normalized spacial score (nSPS) is 32.4. The molecule has 0 saturated carbocycles. The Bertz CT molecular complexity index is 342.